The fourth-order valence-corrected chi connectivity index (χ4v) is 3.77. The average molecular weight is 391 g/mol. The highest BCUT2D eigenvalue weighted by atomic mass is 32.2. The second-order valence-electron chi connectivity index (χ2n) is 5.75. The quantitative estimate of drug-likeness (QED) is 0.549. The highest BCUT2D eigenvalue weighted by Crippen LogP contribution is 2.27. The Kier molecular flexibility index (Phi) is 5.84. The molecule has 9 nitrogen and oxygen atoms in total. The Bertz CT molecular complexity index is 859. The van der Waals surface area contributed by atoms with E-state index in [2.05, 4.69) is 20.8 Å². The second kappa shape index (κ2) is 8.30. The molecule has 1 aliphatic rings. The number of hydrogen-bond acceptors (Lipinski definition) is 7. The molecule has 3 rings (SSSR count). The maximum Gasteiger partial charge on any atom is 0.337 e. The first-order chi connectivity index (χ1) is 13.0. The van der Waals surface area contributed by atoms with Gasteiger partial charge in [-0.05, 0) is 32.9 Å². The van der Waals surface area contributed by atoms with Crippen molar-refractivity contribution in [3.05, 3.63) is 29.7 Å². The summed E-state index contributed by atoms with van der Waals surface area (Å²) in [5.41, 5.74) is 0.928. The van der Waals surface area contributed by atoms with Gasteiger partial charge in [-0.15, -0.1) is 10.2 Å². The normalized spacial score (nSPS) is 16.9. The van der Waals surface area contributed by atoms with Crippen LogP contribution >= 0.6 is 11.8 Å². The van der Waals surface area contributed by atoms with Gasteiger partial charge in [0.1, 0.15) is 0 Å². The highest BCUT2D eigenvalue weighted by molar-refractivity contribution is 7.99. The number of furan rings is 1. The Morgan fingerprint density at radius 1 is 1.41 bits per heavy atom. The predicted molar refractivity (Wildman–Crippen MR) is 98.9 cm³/mol. The monoisotopic (exact) mass is 391 g/mol. The van der Waals surface area contributed by atoms with E-state index in [4.69, 9.17) is 9.15 Å². The van der Waals surface area contributed by atoms with Crippen LogP contribution in [0, 0.1) is 0 Å². The Morgan fingerprint density at radius 3 is 2.89 bits per heavy atom. The molecule has 0 aliphatic carbocycles. The van der Waals surface area contributed by atoms with Crippen molar-refractivity contribution in [1.82, 2.24) is 25.4 Å². The largest absolute Gasteiger partial charge is 0.463 e. The molecule has 0 fully saturated rings. The Labute approximate surface area is 160 Å². The van der Waals surface area contributed by atoms with Crippen LogP contribution in [0.5, 0.6) is 0 Å². The average Bonchev–Trinajstić information content (AvgIpc) is 3.28. The molecule has 1 unspecified atom stereocenters. The van der Waals surface area contributed by atoms with Crippen LogP contribution < -0.4 is 10.6 Å². The molecule has 0 aromatic carbocycles. The van der Waals surface area contributed by atoms with Crippen LogP contribution in [-0.4, -0.2) is 45.2 Å². The summed E-state index contributed by atoms with van der Waals surface area (Å²) in [4.78, 5) is 24.1. The van der Waals surface area contributed by atoms with Gasteiger partial charge < -0.3 is 19.8 Å². The van der Waals surface area contributed by atoms with E-state index >= 15 is 0 Å². The third-order valence-corrected chi connectivity index (χ3v) is 4.98. The van der Waals surface area contributed by atoms with E-state index in [1.54, 1.807) is 26.2 Å². The molecule has 0 saturated carbocycles. The zero-order chi connectivity index (χ0) is 19.4. The van der Waals surface area contributed by atoms with Gasteiger partial charge in [-0.1, -0.05) is 11.8 Å². The standard InChI is InChI=1S/C17H21N5O4S/c1-4-22-14(12-7-6-8-26-12)20-21-17(22)27-9-11-13(15(23)25-5-2)10(3)18-16(24)19-11/h6-8,10H,4-5,9H2,1-3H3,(H2,18,19,24). The number of carbonyl (C=O) groups excluding carboxylic acids is 2. The molecule has 0 radical (unpaired) electrons. The number of esters is 1. The van der Waals surface area contributed by atoms with Gasteiger partial charge in [0.15, 0.2) is 16.7 Å². The summed E-state index contributed by atoms with van der Waals surface area (Å²) >= 11 is 1.38. The second-order valence-corrected chi connectivity index (χ2v) is 6.69. The van der Waals surface area contributed by atoms with E-state index < -0.39 is 12.0 Å². The van der Waals surface area contributed by atoms with Crippen LogP contribution in [0.3, 0.4) is 0 Å². The zero-order valence-corrected chi connectivity index (χ0v) is 16.1. The molecule has 2 amide bonds. The summed E-state index contributed by atoms with van der Waals surface area (Å²) in [5.74, 6) is 1.17. The van der Waals surface area contributed by atoms with Gasteiger partial charge in [0.25, 0.3) is 0 Å². The van der Waals surface area contributed by atoms with Gasteiger partial charge in [0, 0.05) is 18.0 Å². The van der Waals surface area contributed by atoms with E-state index in [-0.39, 0.29) is 12.6 Å². The van der Waals surface area contributed by atoms with Crippen molar-refractivity contribution in [2.75, 3.05) is 12.4 Å². The van der Waals surface area contributed by atoms with Gasteiger partial charge >= 0.3 is 12.0 Å². The number of hydrogen-bond donors (Lipinski definition) is 2. The van der Waals surface area contributed by atoms with Crippen LogP contribution in [0.25, 0.3) is 11.6 Å². The van der Waals surface area contributed by atoms with Gasteiger partial charge in [-0.2, -0.15) is 0 Å². The molecular weight excluding hydrogens is 370 g/mol. The zero-order valence-electron chi connectivity index (χ0n) is 15.3. The van der Waals surface area contributed by atoms with Crippen molar-refractivity contribution in [2.24, 2.45) is 0 Å². The molecule has 3 heterocycles. The van der Waals surface area contributed by atoms with Gasteiger partial charge in [0.2, 0.25) is 0 Å². The Hall–Kier alpha value is -2.75. The van der Waals surface area contributed by atoms with Crippen LogP contribution in [0.15, 0.2) is 39.2 Å². The molecule has 27 heavy (non-hydrogen) atoms. The summed E-state index contributed by atoms with van der Waals surface area (Å²) in [6.07, 6.45) is 1.58. The lowest BCUT2D eigenvalue weighted by atomic mass is 10.1. The third kappa shape index (κ3) is 4.00. The highest BCUT2D eigenvalue weighted by Gasteiger charge is 2.30. The third-order valence-electron chi connectivity index (χ3n) is 3.99. The van der Waals surface area contributed by atoms with E-state index in [1.165, 1.54) is 11.8 Å². The summed E-state index contributed by atoms with van der Waals surface area (Å²) in [7, 11) is 0. The number of rotatable bonds is 7. The number of nitrogens with one attached hydrogen (secondary N) is 2. The minimum Gasteiger partial charge on any atom is -0.463 e. The van der Waals surface area contributed by atoms with Gasteiger partial charge in [0.05, 0.1) is 24.5 Å². The molecule has 10 heteroatoms. The topological polar surface area (TPSA) is 111 Å². The van der Waals surface area contributed by atoms with Crippen LogP contribution in [-0.2, 0) is 16.1 Å². The molecule has 144 valence electrons. The molecule has 2 aromatic rings. The summed E-state index contributed by atoms with van der Waals surface area (Å²) in [6.45, 7) is 6.39. The molecular formula is C17H21N5O4S. The van der Waals surface area contributed by atoms with Crippen molar-refractivity contribution in [3.63, 3.8) is 0 Å². The first-order valence-corrected chi connectivity index (χ1v) is 9.61. The predicted octanol–water partition coefficient (Wildman–Crippen LogP) is 2.17. The van der Waals surface area contributed by atoms with Crippen molar-refractivity contribution in [3.8, 4) is 11.6 Å². The first kappa shape index (κ1) is 19.0. The Balaban J connectivity index is 1.84. The maximum atomic E-state index is 12.3. The lowest BCUT2D eigenvalue weighted by molar-refractivity contribution is -0.138. The number of aromatic nitrogens is 3. The molecule has 0 bridgehead atoms. The molecule has 2 N–H and O–H groups in total. The summed E-state index contributed by atoms with van der Waals surface area (Å²) in [5, 5.41) is 14.5. The van der Waals surface area contributed by atoms with E-state index in [0.29, 0.717) is 40.3 Å². The Morgan fingerprint density at radius 2 is 2.22 bits per heavy atom. The van der Waals surface area contributed by atoms with Crippen molar-refractivity contribution >= 4 is 23.8 Å². The molecule has 0 spiro atoms. The van der Waals surface area contributed by atoms with Crippen molar-refractivity contribution in [1.29, 1.82) is 0 Å². The number of nitrogens with zero attached hydrogens (tertiary/aromatic N) is 3. The van der Waals surface area contributed by atoms with E-state index in [1.807, 2.05) is 17.6 Å². The van der Waals surface area contributed by atoms with Crippen LogP contribution in [0.1, 0.15) is 20.8 Å². The molecule has 1 atom stereocenters. The number of thioether (sulfide) groups is 1. The molecule has 2 aromatic heterocycles. The SMILES string of the molecule is CCOC(=O)C1=C(CSc2nnc(-c3ccco3)n2CC)NC(=O)NC1C. The first-order valence-electron chi connectivity index (χ1n) is 8.62. The van der Waals surface area contributed by atoms with Crippen molar-refractivity contribution in [2.45, 2.75) is 38.5 Å². The summed E-state index contributed by atoms with van der Waals surface area (Å²) in [6, 6.07) is 2.83. The number of amides is 2. The summed E-state index contributed by atoms with van der Waals surface area (Å²) < 4.78 is 12.4. The maximum absolute atomic E-state index is 12.3. The van der Waals surface area contributed by atoms with Gasteiger partial charge in [-0.25, -0.2) is 9.59 Å². The fourth-order valence-electron chi connectivity index (χ4n) is 2.80. The van der Waals surface area contributed by atoms with Gasteiger partial charge in [-0.3, -0.25) is 4.57 Å². The number of ether oxygens (including phenoxy) is 1. The number of urea groups is 1. The lowest BCUT2D eigenvalue weighted by Gasteiger charge is -2.26. The van der Waals surface area contributed by atoms with E-state index in [0.717, 1.165) is 0 Å². The van der Waals surface area contributed by atoms with E-state index in [9.17, 15) is 9.59 Å². The van der Waals surface area contributed by atoms with Crippen LogP contribution in [0.4, 0.5) is 4.79 Å². The van der Waals surface area contributed by atoms with Crippen LogP contribution in [0.2, 0.25) is 0 Å². The minimum absolute atomic E-state index is 0.264. The van der Waals surface area contributed by atoms with Crippen molar-refractivity contribution < 1.29 is 18.7 Å². The molecule has 0 saturated heterocycles. The smallest absolute Gasteiger partial charge is 0.337 e. The number of carbonyl (C=O) groups is 2. The fraction of sp³-hybridized carbons (Fsp3) is 0.412. The lowest BCUT2D eigenvalue weighted by Crippen LogP contribution is -2.49. The minimum atomic E-state index is -0.443. The molecule has 1 aliphatic heterocycles.